The van der Waals surface area contributed by atoms with Crippen LogP contribution in [0.4, 0.5) is 0 Å². The van der Waals surface area contributed by atoms with Crippen molar-refractivity contribution in [3.8, 4) is 11.4 Å². The van der Waals surface area contributed by atoms with E-state index < -0.39 is 0 Å². The number of thioether (sulfide) groups is 1. The molecule has 0 aliphatic carbocycles. The normalized spacial score (nSPS) is 10.8. The third-order valence-corrected chi connectivity index (χ3v) is 3.98. The van der Waals surface area contributed by atoms with E-state index in [2.05, 4.69) is 4.98 Å². The quantitative estimate of drug-likeness (QED) is 0.681. The Labute approximate surface area is 133 Å². The molecule has 0 aliphatic rings. The van der Waals surface area contributed by atoms with Crippen LogP contribution in [0.1, 0.15) is 13.8 Å². The number of carbonyl (C=O) groups excluding carboxylic acids is 1. The molecule has 0 unspecified atom stereocenters. The number of hydrogen-bond acceptors (Lipinski definition) is 4. The van der Waals surface area contributed by atoms with Crippen LogP contribution in [0.15, 0.2) is 53.7 Å². The highest BCUT2D eigenvalue weighted by Gasteiger charge is 2.07. The fourth-order valence-corrected chi connectivity index (χ4v) is 2.94. The zero-order valence-electron chi connectivity index (χ0n) is 12.4. The molecule has 0 spiro atoms. The monoisotopic (exact) mass is 312 g/mol. The molecule has 3 aromatic rings. The molecule has 0 fully saturated rings. The molecule has 0 atom stereocenters. The van der Waals surface area contributed by atoms with Crippen molar-refractivity contribution in [2.45, 2.75) is 18.7 Å². The first-order valence-electron chi connectivity index (χ1n) is 7.06. The molecule has 5 heteroatoms. The van der Waals surface area contributed by atoms with Gasteiger partial charge in [-0.25, -0.2) is 4.98 Å². The maximum atomic E-state index is 11.2. The van der Waals surface area contributed by atoms with Crippen molar-refractivity contribution in [3.05, 3.63) is 48.8 Å². The van der Waals surface area contributed by atoms with Gasteiger partial charge in [0.05, 0.1) is 17.6 Å². The van der Waals surface area contributed by atoms with Crippen molar-refractivity contribution < 1.29 is 9.53 Å². The Bertz CT molecular complexity index is 809. The van der Waals surface area contributed by atoms with Crippen molar-refractivity contribution in [1.29, 1.82) is 0 Å². The van der Waals surface area contributed by atoms with E-state index in [1.54, 1.807) is 13.3 Å². The molecule has 2 aromatic carbocycles. The summed E-state index contributed by atoms with van der Waals surface area (Å²) in [5, 5.41) is 0.0743. The number of benzene rings is 2. The second-order valence-corrected chi connectivity index (χ2v) is 6.04. The van der Waals surface area contributed by atoms with Gasteiger partial charge in [-0.1, -0.05) is 11.8 Å². The Morgan fingerprint density at radius 1 is 1.23 bits per heavy atom. The molecule has 0 saturated carbocycles. The Balaban J connectivity index is 1.95. The summed E-state index contributed by atoms with van der Waals surface area (Å²) < 4.78 is 7.48. The van der Waals surface area contributed by atoms with Gasteiger partial charge in [0.2, 0.25) is 0 Å². The molecule has 1 aromatic heterocycles. The number of aromatic nitrogens is 2. The van der Waals surface area contributed by atoms with Crippen molar-refractivity contribution in [3.63, 3.8) is 0 Å². The molecule has 4 nitrogen and oxygen atoms in total. The smallest absolute Gasteiger partial charge is 0.190 e. The van der Waals surface area contributed by atoms with Gasteiger partial charge >= 0.3 is 0 Å². The maximum Gasteiger partial charge on any atom is 0.190 e. The number of rotatable bonds is 4. The predicted molar refractivity (Wildman–Crippen MR) is 88.8 cm³/mol. The van der Waals surface area contributed by atoms with Gasteiger partial charge < -0.3 is 4.74 Å². The van der Waals surface area contributed by atoms with E-state index >= 15 is 0 Å². The van der Waals surface area contributed by atoms with E-state index in [0.29, 0.717) is 6.61 Å². The molecule has 0 amide bonds. The number of imidazole rings is 1. The molecular weight excluding hydrogens is 296 g/mol. The van der Waals surface area contributed by atoms with E-state index in [9.17, 15) is 4.79 Å². The fourth-order valence-electron chi connectivity index (χ4n) is 2.30. The van der Waals surface area contributed by atoms with E-state index in [1.165, 1.54) is 11.8 Å². The Kier molecular flexibility index (Phi) is 4.15. The van der Waals surface area contributed by atoms with Crippen LogP contribution in [0.25, 0.3) is 16.7 Å². The summed E-state index contributed by atoms with van der Waals surface area (Å²) in [5.74, 6) is 0.857. The molecule has 0 radical (unpaired) electrons. The van der Waals surface area contributed by atoms with Gasteiger partial charge in [-0.3, -0.25) is 9.36 Å². The largest absolute Gasteiger partial charge is 0.494 e. The van der Waals surface area contributed by atoms with E-state index in [0.717, 1.165) is 27.4 Å². The van der Waals surface area contributed by atoms with Crippen LogP contribution in [0.5, 0.6) is 5.75 Å². The van der Waals surface area contributed by atoms with Crippen LogP contribution < -0.4 is 4.74 Å². The molecule has 1 heterocycles. The number of hydrogen-bond donors (Lipinski definition) is 0. The Morgan fingerprint density at radius 2 is 2.00 bits per heavy atom. The lowest BCUT2D eigenvalue weighted by Gasteiger charge is -2.07. The first kappa shape index (κ1) is 14.7. The second kappa shape index (κ2) is 6.23. The Hall–Kier alpha value is -2.27. The number of ether oxygens (including phenoxy) is 1. The lowest BCUT2D eigenvalue weighted by molar-refractivity contribution is -0.109. The zero-order chi connectivity index (χ0) is 15.5. The molecule has 0 saturated heterocycles. The molecule has 3 rings (SSSR count). The third kappa shape index (κ3) is 2.99. The third-order valence-electron chi connectivity index (χ3n) is 3.21. The lowest BCUT2D eigenvalue weighted by Crippen LogP contribution is -1.94. The number of carbonyl (C=O) groups is 1. The summed E-state index contributed by atoms with van der Waals surface area (Å²) in [6.07, 6.45) is 1.79. The lowest BCUT2D eigenvalue weighted by atomic mass is 10.2. The summed E-state index contributed by atoms with van der Waals surface area (Å²) >= 11 is 1.22. The summed E-state index contributed by atoms with van der Waals surface area (Å²) in [7, 11) is 0. The Morgan fingerprint density at radius 3 is 2.68 bits per heavy atom. The zero-order valence-corrected chi connectivity index (χ0v) is 13.3. The van der Waals surface area contributed by atoms with E-state index in [4.69, 9.17) is 4.74 Å². The van der Waals surface area contributed by atoms with Gasteiger partial charge in [-0.2, -0.15) is 0 Å². The van der Waals surface area contributed by atoms with Gasteiger partial charge in [0.1, 0.15) is 12.1 Å². The predicted octanol–water partition coefficient (Wildman–Crippen LogP) is 4.06. The first-order chi connectivity index (χ1) is 10.7. The molecule has 112 valence electrons. The van der Waals surface area contributed by atoms with Gasteiger partial charge in [0.15, 0.2) is 5.12 Å². The van der Waals surface area contributed by atoms with Crippen LogP contribution in [0, 0.1) is 0 Å². The van der Waals surface area contributed by atoms with E-state index in [-0.39, 0.29) is 5.12 Å². The molecule has 0 N–H and O–H groups in total. The van der Waals surface area contributed by atoms with Gasteiger partial charge in [0, 0.05) is 17.5 Å². The molecule has 0 aliphatic heterocycles. The minimum absolute atomic E-state index is 0.0743. The van der Waals surface area contributed by atoms with Gasteiger partial charge in [-0.05, 0) is 49.4 Å². The molecule has 22 heavy (non-hydrogen) atoms. The number of nitrogens with zero attached hydrogens (tertiary/aromatic N) is 2. The highest BCUT2D eigenvalue weighted by Crippen LogP contribution is 2.25. The highest BCUT2D eigenvalue weighted by atomic mass is 32.2. The van der Waals surface area contributed by atoms with Crippen molar-refractivity contribution >= 4 is 27.9 Å². The highest BCUT2D eigenvalue weighted by molar-refractivity contribution is 8.13. The average Bonchev–Trinajstić information content (AvgIpc) is 2.91. The van der Waals surface area contributed by atoms with Crippen LogP contribution >= 0.6 is 11.8 Å². The summed E-state index contributed by atoms with van der Waals surface area (Å²) in [6.45, 7) is 4.19. The minimum Gasteiger partial charge on any atom is -0.494 e. The topological polar surface area (TPSA) is 44.1 Å². The van der Waals surface area contributed by atoms with Crippen LogP contribution in [0.3, 0.4) is 0 Å². The maximum absolute atomic E-state index is 11.2. The average molecular weight is 312 g/mol. The summed E-state index contributed by atoms with van der Waals surface area (Å²) in [5.41, 5.74) is 2.91. The van der Waals surface area contributed by atoms with Crippen LogP contribution in [-0.2, 0) is 4.79 Å². The van der Waals surface area contributed by atoms with Gasteiger partial charge in [-0.15, -0.1) is 0 Å². The second-order valence-electron chi connectivity index (χ2n) is 4.79. The molecular formula is C17H16N2O2S. The molecule has 0 bridgehead atoms. The van der Waals surface area contributed by atoms with Crippen molar-refractivity contribution in [1.82, 2.24) is 9.55 Å². The SMILES string of the molecule is CCOc1ccc(-n2cnc3cc(SC(C)=O)ccc32)cc1. The fraction of sp³-hybridized carbons (Fsp3) is 0.176. The van der Waals surface area contributed by atoms with Crippen molar-refractivity contribution in [2.75, 3.05) is 6.61 Å². The summed E-state index contributed by atoms with van der Waals surface area (Å²) in [4.78, 5) is 16.5. The first-order valence-corrected chi connectivity index (χ1v) is 7.88. The van der Waals surface area contributed by atoms with Crippen LogP contribution in [0.2, 0.25) is 0 Å². The van der Waals surface area contributed by atoms with Crippen molar-refractivity contribution in [2.24, 2.45) is 0 Å². The van der Waals surface area contributed by atoms with E-state index in [1.807, 2.05) is 54.0 Å². The number of fused-ring (bicyclic) bond motifs is 1. The summed E-state index contributed by atoms with van der Waals surface area (Å²) in [6, 6.07) is 13.8. The minimum atomic E-state index is 0.0743. The van der Waals surface area contributed by atoms with Gasteiger partial charge in [0.25, 0.3) is 0 Å². The standard InChI is InChI=1S/C17H16N2O2S/c1-3-21-14-6-4-13(5-7-14)19-11-18-16-10-15(22-12(2)20)8-9-17(16)19/h4-11H,3H2,1-2H3. The van der Waals surface area contributed by atoms with Crippen LogP contribution in [-0.4, -0.2) is 21.3 Å².